The summed E-state index contributed by atoms with van der Waals surface area (Å²) in [7, 11) is 1.97. The highest BCUT2D eigenvalue weighted by Gasteiger charge is 2.32. The summed E-state index contributed by atoms with van der Waals surface area (Å²) in [5, 5.41) is 8.94. The van der Waals surface area contributed by atoms with Gasteiger partial charge in [-0.2, -0.15) is 23.4 Å². The lowest BCUT2D eigenvalue weighted by atomic mass is 10.1. The Hall–Kier alpha value is -3.21. The normalized spacial score (nSPS) is 13.0. The number of rotatable bonds is 5. The first-order valence-electron chi connectivity index (χ1n) is 9.38. The molecule has 0 saturated carbocycles. The summed E-state index contributed by atoms with van der Waals surface area (Å²) in [6, 6.07) is 7.03. The van der Waals surface area contributed by atoms with E-state index < -0.39 is 22.7 Å². The largest absolute Gasteiger partial charge is 0.419 e. The minimum atomic E-state index is -4.48. The number of alkyl halides is 3. The van der Waals surface area contributed by atoms with Gasteiger partial charge in [-0.3, -0.25) is 8.99 Å². The number of fused-ring (bicyclic) bond motifs is 1. The zero-order chi connectivity index (χ0) is 22.3. The highest BCUT2D eigenvalue weighted by atomic mass is 32.2. The van der Waals surface area contributed by atoms with Crippen molar-refractivity contribution in [3.05, 3.63) is 60.2 Å². The maximum absolute atomic E-state index is 13.3. The van der Waals surface area contributed by atoms with Gasteiger partial charge in [0.05, 0.1) is 34.1 Å². The van der Waals surface area contributed by atoms with Gasteiger partial charge >= 0.3 is 6.18 Å². The Morgan fingerprint density at radius 3 is 2.48 bits per heavy atom. The van der Waals surface area contributed by atoms with Gasteiger partial charge in [-0.05, 0) is 24.1 Å². The van der Waals surface area contributed by atoms with Crippen LogP contribution >= 0.6 is 0 Å². The van der Waals surface area contributed by atoms with Crippen molar-refractivity contribution in [2.75, 3.05) is 11.4 Å². The van der Waals surface area contributed by atoms with Gasteiger partial charge in [0.1, 0.15) is 0 Å². The minimum absolute atomic E-state index is 0.196. The number of aryl methyl sites for hydroxylation is 2. The molecule has 31 heavy (non-hydrogen) atoms. The quantitative estimate of drug-likeness (QED) is 0.465. The Morgan fingerprint density at radius 1 is 1.10 bits per heavy atom. The highest BCUT2D eigenvalue weighted by Crippen LogP contribution is 2.33. The minimum Gasteiger partial charge on any atom is -0.288 e. The van der Waals surface area contributed by atoms with Crippen molar-refractivity contribution in [3.63, 3.8) is 0 Å². The Balaban J connectivity index is 1.66. The van der Waals surface area contributed by atoms with Crippen LogP contribution in [0.2, 0.25) is 0 Å². The molecule has 0 saturated heterocycles. The lowest BCUT2D eigenvalue weighted by Crippen LogP contribution is -2.23. The average Bonchev–Trinajstić information content (AvgIpc) is 3.40. The lowest BCUT2D eigenvalue weighted by Gasteiger charge is -2.22. The molecule has 0 aliphatic carbocycles. The molecule has 3 aromatic heterocycles. The summed E-state index contributed by atoms with van der Waals surface area (Å²) in [5.74, 6) is 0.196. The molecule has 11 heteroatoms. The van der Waals surface area contributed by atoms with E-state index in [4.69, 9.17) is 0 Å². The van der Waals surface area contributed by atoms with Crippen molar-refractivity contribution in [1.29, 1.82) is 0 Å². The molecule has 0 aliphatic rings. The summed E-state index contributed by atoms with van der Waals surface area (Å²) in [5.41, 5.74) is 1.84. The third kappa shape index (κ3) is 3.80. The van der Waals surface area contributed by atoms with Crippen LogP contribution < -0.4 is 4.31 Å². The summed E-state index contributed by atoms with van der Waals surface area (Å²) in [6.07, 6.45) is 1.00. The molecule has 1 aromatic carbocycles. The summed E-state index contributed by atoms with van der Waals surface area (Å²) in [4.78, 5) is 4.56. The van der Waals surface area contributed by atoms with Crippen molar-refractivity contribution in [1.82, 2.24) is 24.5 Å². The van der Waals surface area contributed by atoms with E-state index in [-0.39, 0.29) is 5.82 Å². The Bertz CT molecular complexity index is 1260. The van der Waals surface area contributed by atoms with Crippen LogP contribution in [0.1, 0.15) is 18.1 Å². The summed E-state index contributed by atoms with van der Waals surface area (Å²) >= 11 is 0. The van der Waals surface area contributed by atoms with E-state index in [1.807, 2.05) is 26.1 Å². The molecule has 3 heterocycles. The van der Waals surface area contributed by atoms with Crippen LogP contribution in [0.25, 0.3) is 16.7 Å². The fraction of sp³-hybridized carbons (Fsp3) is 0.250. The van der Waals surface area contributed by atoms with Crippen LogP contribution in [0.5, 0.6) is 0 Å². The van der Waals surface area contributed by atoms with Gasteiger partial charge in [-0.25, -0.2) is 13.9 Å². The number of benzene rings is 1. The summed E-state index contributed by atoms with van der Waals surface area (Å²) in [6.45, 7) is 2.02. The van der Waals surface area contributed by atoms with E-state index in [2.05, 4.69) is 15.2 Å². The van der Waals surface area contributed by atoms with Gasteiger partial charge in [0.25, 0.3) is 0 Å². The number of aromatic nitrogens is 5. The zero-order valence-corrected chi connectivity index (χ0v) is 17.8. The maximum Gasteiger partial charge on any atom is 0.419 e. The second kappa shape index (κ2) is 7.80. The molecule has 0 radical (unpaired) electrons. The number of hydrogen-bond acceptors (Lipinski definition) is 4. The Kier molecular flexibility index (Phi) is 5.29. The van der Waals surface area contributed by atoms with E-state index in [1.54, 1.807) is 28.3 Å². The van der Waals surface area contributed by atoms with E-state index in [9.17, 15) is 17.4 Å². The van der Waals surface area contributed by atoms with E-state index in [0.717, 1.165) is 45.7 Å². The van der Waals surface area contributed by atoms with E-state index >= 15 is 0 Å². The molecule has 0 aliphatic heterocycles. The molecule has 4 aromatic rings. The van der Waals surface area contributed by atoms with Gasteiger partial charge in [0.15, 0.2) is 16.8 Å². The van der Waals surface area contributed by atoms with Crippen molar-refractivity contribution in [3.8, 4) is 5.82 Å². The third-order valence-electron chi connectivity index (χ3n) is 4.97. The smallest absolute Gasteiger partial charge is 0.288 e. The molecule has 162 valence electrons. The molecule has 7 nitrogen and oxygen atoms in total. The van der Waals surface area contributed by atoms with E-state index in [0.29, 0.717) is 4.90 Å². The number of anilines is 1. The number of nitrogens with zero attached hydrogens (tertiary/aromatic N) is 6. The molecule has 0 fully saturated rings. The second-order valence-corrected chi connectivity index (χ2v) is 8.42. The third-order valence-corrected chi connectivity index (χ3v) is 6.30. The SMILES string of the molecule is CCc1ccc2cnn(C)c2c1N(C)S(=O)c1ccc(-n2cc(C(F)(F)F)cn2)nc1. The monoisotopic (exact) mass is 448 g/mol. The first kappa shape index (κ1) is 21.0. The molecule has 0 spiro atoms. The highest BCUT2D eigenvalue weighted by molar-refractivity contribution is 7.86. The van der Waals surface area contributed by atoms with Gasteiger partial charge in [0.2, 0.25) is 0 Å². The number of pyridine rings is 1. The molecular formula is C20H19F3N6OS. The molecule has 1 unspecified atom stereocenters. The molecular weight excluding hydrogens is 429 g/mol. The van der Waals surface area contributed by atoms with Crippen molar-refractivity contribution in [2.24, 2.45) is 7.05 Å². The molecule has 0 bridgehead atoms. The van der Waals surface area contributed by atoms with Crippen molar-refractivity contribution in [2.45, 2.75) is 24.4 Å². The molecule has 4 rings (SSSR count). The predicted octanol–water partition coefficient (Wildman–Crippen LogP) is 3.89. The van der Waals surface area contributed by atoms with Crippen LogP contribution in [0.3, 0.4) is 0 Å². The topological polar surface area (TPSA) is 68.8 Å². The zero-order valence-electron chi connectivity index (χ0n) is 17.0. The average molecular weight is 448 g/mol. The first-order chi connectivity index (χ1) is 14.7. The standard InChI is InChI=1S/C20H19F3N6OS/c1-4-13-5-6-14-9-25-27(2)18(14)19(13)28(3)31(30)16-7-8-17(24-11-16)29-12-15(10-26-29)20(21,22)23/h5-12H,4H2,1-3H3. The van der Waals surface area contributed by atoms with Crippen molar-refractivity contribution < 1.29 is 17.4 Å². The lowest BCUT2D eigenvalue weighted by molar-refractivity contribution is -0.137. The van der Waals surface area contributed by atoms with E-state index in [1.165, 1.54) is 12.3 Å². The fourth-order valence-electron chi connectivity index (χ4n) is 3.37. The van der Waals surface area contributed by atoms with Gasteiger partial charge < -0.3 is 0 Å². The number of halogens is 3. The Morgan fingerprint density at radius 2 is 1.87 bits per heavy atom. The Labute approximate surface area is 178 Å². The van der Waals surface area contributed by atoms with Crippen LogP contribution in [0.4, 0.5) is 18.9 Å². The predicted molar refractivity (Wildman–Crippen MR) is 111 cm³/mol. The van der Waals surface area contributed by atoms with Crippen LogP contribution in [-0.2, 0) is 30.6 Å². The van der Waals surface area contributed by atoms with Crippen molar-refractivity contribution >= 4 is 27.6 Å². The van der Waals surface area contributed by atoms with Gasteiger partial charge in [-0.15, -0.1) is 0 Å². The molecule has 0 N–H and O–H groups in total. The maximum atomic E-state index is 13.3. The molecule has 1 atom stereocenters. The second-order valence-electron chi connectivity index (χ2n) is 6.90. The first-order valence-corrected chi connectivity index (χ1v) is 10.5. The van der Waals surface area contributed by atoms with Gasteiger partial charge in [-0.1, -0.05) is 19.1 Å². The fourth-order valence-corrected chi connectivity index (χ4v) is 4.38. The van der Waals surface area contributed by atoms with Crippen LogP contribution in [0.15, 0.2) is 53.9 Å². The molecule has 0 amide bonds. The van der Waals surface area contributed by atoms with Crippen LogP contribution in [-0.4, -0.2) is 35.8 Å². The van der Waals surface area contributed by atoms with Crippen LogP contribution in [0, 0.1) is 0 Å². The number of hydrogen-bond donors (Lipinski definition) is 0. The summed E-state index contributed by atoms with van der Waals surface area (Å²) < 4.78 is 56.1. The van der Waals surface area contributed by atoms with Gasteiger partial charge in [0, 0.05) is 31.9 Å².